The second-order valence-corrected chi connectivity index (χ2v) is 3.45. The molecule has 0 aliphatic carbocycles. The number of nitrogens with zero attached hydrogens (tertiary/aromatic N) is 1. The normalized spacial score (nSPS) is 12.4. The maximum Gasteiger partial charge on any atom is 0.306 e. The topological polar surface area (TPSA) is 50.2 Å². The summed E-state index contributed by atoms with van der Waals surface area (Å²) < 4.78 is 0. The molecule has 3 heteroatoms. The molecule has 1 aromatic rings. The van der Waals surface area contributed by atoms with Crippen molar-refractivity contribution >= 4 is 5.97 Å². The largest absolute Gasteiger partial charge is 0.481 e. The molecule has 0 fully saturated rings. The fourth-order valence-electron chi connectivity index (χ4n) is 1.26. The van der Waals surface area contributed by atoms with Crippen LogP contribution >= 0.6 is 0 Å². The van der Waals surface area contributed by atoms with E-state index in [1.165, 1.54) is 5.56 Å². The number of carboxylic acid groups (broad SMARTS) is 1. The standard InChI is InChI=1S/C11H15NO2/c1-3-9-4-5-12-10(7-9)6-8(2)11(13)14/h4-5,7-8H,3,6H2,1-2H3,(H,13,14). The Bertz CT molecular complexity index is 323. The lowest BCUT2D eigenvalue weighted by molar-refractivity contribution is -0.141. The number of aliphatic carboxylic acids is 1. The van der Waals surface area contributed by atoms with Gasteiger partial charge in [-0.3, -0.25) is 9.78 Å². The maximum absolute atomic E-state index is 10.6. The SMILES string of the molecule is CCc1ccnc(CC(C)C(=O)O)c1. The van der Waals surface area contributed by atoms with Crippen LogP contribution in [0.4, 0.5) is 0 Å². The van der Waals surface area contributed by atoms with Crippen LogP contribution in [-0.4, -0.2) is 16.1 Å². The van der Waals surface area contributed by atoms with Crippen LogP contribution in [0.25, 0.3) is 0 Å². The molecule has 0 radical (unpaired) electrons. The Labute approximate surface area is 83.8 Å². The maximum atomic E-state index is 10.6. The average Bonchev–Trinajstić information content (AvgIpc) is 2.18. The summed E-state index contributed by atoms with van der Waals surface area (Å²) in [5.74, 6) is -1.14. The molecule has 0 spiro atoms. The summed E-state index contributed by atoms with van der Waals surface area (Å²) in [6.45, 7) is 3.77. The number of pyridine rings is 1. The van der Waals surface area contributed by atoms with Gasteiger partial charge in [-0.2, -0.15) is 0 Å². The minimum atomic E-state index is -0.770. The van der Waals surface area contributed by atoms with Crippen molar-refractivity contribution in [3.05, 3.63) is 29.6 Å². The van der Waals surface area contributed by atoms with E-state index in [1.54, 1.807) is 13.1 Å². The Morgan fingerprint density at radius 3 is 2.93 bits per heavy atom. The van der Waals surface area contributed by atoms with Gasteiger partial charge in [-0.1, -0.05) is 13.8 Å². The van der Waals surface area contributed by atoms with Gasteiger partial charge in [0, 0.05) is 18.3 Å². The number of hydrogen-bond donors (Lipinski definition) is 1. The van der Waals surface area contributed by atoms with Crippen molar-refractivity contribution in [3.8, 4) is 0 Å². The van der Waals surface area contributed by atoms with Gasteiger partial charge in [0.15, 0.2) is 0 Å². The van der Waals surface area contributed by atoms with Gasteiger partial charge in [0.25, 0.3) is 0 Å². The van der Waals surface area contributed by atoms with Crippen LogP contribution in [-0.2, 0) is 17.6 Å². The number of hydrogen-bond acceptors (Lipinski definition) is 2. The monoisotopic (exact) mass is 193 g/mol. The lowest BCUT2D eigenvalue weighted by Crippen LogP contribution is -2.13. The van der Waals surface area contributed by atoms with Crippen molar-refractivity contribution in [2.75, 3.05) is 0 Å². The summed E-state index contributed by atoms with van der Waals surface area (Å²) in [5.41, 5.74) is 2.06. The molecule has 1 rings (SSSR count). The summed E-state index contributed by atoms with van der Waals surface area (Å²) in [6.07, 6.45) is 3.20. The van der Waals surface area contributed by atoms with Crippen molar-refractivity contribution < 1.29 is 9.90 Å². The van der Waals surface area contributed by atoms with Crippen molar-refractivity contribution in [1.29, 1.82) is 0 Å². The predicted molar refractivity (Wildman–Crippen MR) is 54.1 cm³/mol. The molecule has 1 aromatic heterocycles. The first-order valence-electron chi connectivity index (χ1n) is 4.80. The Kier molecular flexibility index (Phi) is 3.63. The van der Waals surface area contributed by atoms with E-state index in [0.717, 1.165) is 12.1 Å². The summed E-state index contributed by atoms with van der Waals surface area (Å²) in [6, 6.07) is 3.92. The van der Waals surface area contributed by atoms with E-state index in [-0.39, 0.29) is 5.92 Å². The van der Waals surface area contributed by atoms with E-state index < -0.39 is 5.97 Å². The summed E-state index contributed by atoms with van der Waals surface area (Å²) in [7, 11) is 0. The van der Waals surface area contributed by atoms with Gasteiger partial charge in [-0.25, -0.2) is 0 Å². The predicted octanol–water partition coefficient (Wildman–Crippen LogP) is 1.91. The zero-order valence-corrected chi connectivity index (χ0v) is 8.53. The van der Waals surface area contributed by atoms with Crippen molar-refractivity contribution in [2.45, 2.75) is 26.7 Å². The molecule has 0 bridgehead atoms. The summed E-state index contributed by atoms with van der Waals surface area (Å²) >= 11 is 0. The lowest BCUT2D eigenvalue weighted by atomic mass is 10.0. The quantitative estimate of drug-likeness (QED) is 0.794. The first-order valence-corrected chi connectivity index (χ1v) is 4.80. The molecule has 0 amide bonds. The van der Waals surface area contributed by atoms with Gasteiger partial charge in [0.05, 0.1) is 5.92 Å². The van der Waals surface area contributed by atoms with Crippen molar-refractivity contribution in [1.82, 2.24) is 4.98 Å². The Morgan fingerprint density at radius 2 is 2.36 bits per heavy atom. The minimum Gasteiger partial charge on any atom is -0.481 e. The number of carbonyl (C=O) groups is 1. The summed E-state index contributed by atoms with van der Waals surface area (Å²) in [4.78, 5) is 14.8. The zero-order chi connectivity index (χ0) is 10.6. The van der Waals surface area contributed by atoms with Crippen LogP contribution in [0.1, 0.15) is 25.1 Å². The van der Waals surface area contributed by atoms with Gasteiger partial charge in [0.1, 0.15) is 0 Å². The molecule has 14 heavy (non-hydrogen) atoms. The Balaban J connectivity index is 2.71. The van der Waals surface area contributed by atoms with E-state index in [1.807, 2.05) is 12.1 Å². The van der Waals surface area contributed by atoms with E-state index >= 15 is 0 Å². The van der Waals surface area contributed by atoms with Crippen LogP contribution in [0.3, 0.4) is 0 Å². The molecule has 1 N–H and O–H groups in total. The van der Waals surface area contributed by atoms with Crippen LogP contribution in [0.15, 0.2) is 18.3 Å². The number of aryl methyl sites for hydroxylation is 1. The van der Waals surface area contributed by atoms with Crippen LogP contribution < -0.4 is 0 Å². The van der Waals surface area contributed by atoms with Crippen LogP contribution in [0.5, 0.6) is 0 Å². The third-order valence-corrected chi connectivity index (χ3v) is 2.23. The molecule has 3 nitrogen and oxygen atoms in total. The third kappa shape index (κ3) is 2.83. The molecule has 1 atom stereocenters. The van der Waals surface area contributed by atoms with Crippen molar-refractivity contribution in [3.63, 3.8) is 0 Å². The van der Waals surface area contributed by atoms with Crippen LogP contribution in [0, 0.1) is 5.92 Å². The van der Waals surface area contributed by atoms with E-state index in [9.17, 15) is 4.79 Å². The zero-order valence-electron chi connectivity index (χ0n) is 8.53. The smallest absolute Gasteiger partial charge is 0.306 e. The van der Waals surface area contributed by atoms with Gasteiger partial charge in [0.2, 0.25) is 0 Å². The molecule has 0 saturated heterocycles. The second-order valence-electron chi connectivity index (χ2n) is 3.45. The number of aromatic nitrogens is 1. The minimum absolute atomic E-state index is 0.366. The Hall–Kier alpha value is -1.38. The van der Waals surface area contributed by atoms with Gasteiger partial charge < -0.3 is 5.11 Å². The second kappa shape index (κ2) is 4.74. The van der Waals surface area contributed by atoms with E-state index in [2.05, 4.69) is 11.9 Å². The number of carboxylic acids is 1. The average molecular weight is 193 g/mol. The van der Waals surface area contributed by atoms with E-state index in [4.69, 9.17) is 5.11 Å². The highest BCUT2D eigenvalue weighted by atomic mass is 16.4. The number of rotatable bonds is 4. The highest BCUT2D eigenvalue weighted by molar-refractivity contribution is 5.69. The molecule has 0 aromatic carbocycles. The Morgan fingerprint density at radius 1 is 1.64 bits per heavy atom. The molecule has 0 saturated carbocycles. The molecule has 0 aliphatic rings. The van der Waals surface area contributed by atoms with Gasteiger partial charge in [-0.15, -0.1) is 0 Å². The molecular formula is C11H15NO2. The molecule has 1 unspecified atom stereocenters. The third-order valence-electron chi connectivity index (χ3n) is 2.23. The first kappa shape index (κ1) is 10.7. The summed E-state index contributed by atoms with van der Waals surface area (Å²) in [5, 5.41) is 8.74. The molecule has 76 valence electrons. The fourth-order valence-corrected chi connectivity index (χ4v) is 1.26. The highest BCUT2D eigenvalue weighted by Crippen LogP contribution is 2.08. The highest BCUT2D eigenvalue weighted by Gasteiger charge is 2.12. The molecular weight excluding hydrogens is 178 g/mol. The first-order chi connectivity index (χ1) is 6.63. The van der Waals surface area contributed by atoms with Gasteiger partial charge >= 0.3 is 5.97 Å². The fraction of sp³-hybridized carbons (Fsp3) is 0.455. The van der Waals surface area contributed by atoms with Crippen LogP contribution in [0.2, 0.25) is 0 Å². The van der Waals surface area contributed by atoms with E-state index in [0.29, 0.717) is 6.42 Å². The molecule has 0 aliphatic heterocycles. The lowest BCUT2D eigenvalue weighted by Gasteiger charge is -2.06. The van der Waals surface area contributed by atoms with Crippen molar-refractivity contribution in [2.24, 2.45) is 5.92 Å². The molecule has 1 heterocycles. The van der Waals surface area contributed by atoms with Gasteiger partial charge in [-0.05, 0) is 24.1 Å².